The zero-order valence-electron chi connectivity index (χ0n) is 18.6. The standard InChI is InChI=1S/C24H30N2O5/c1-16(2)31-22-12-7-6-11-20(22)26-21(17-9-8-10-19(13-17)29-5)14-18(25-26)15-30-24(3,4)23(27)28/h6-14,16,23,27-28H,15H2,1-5H3. The van der Waals surface area contributed by atoms with E-state index < -0.39 is 11.9 Å². The average Bonchev–Trinajstić information content (AvgIpc) is 3.16. The summed E-state index contributed by atoms with van der Waals surface area (Å²) in [6.07, 6.45) is -1.60. The molecule has 3 rings (SSSR count). The van der Waals surface area contributed by atoms with Crippen LogP contribution in [0.4, 0.5) is 0 Å². The molecule has 0 spiro atoms. The fourth-order valence-electron chi connectivity index (χ4n) is 2.99. The van der Waals surface area contributed by atoms with Crippen LogP contribution in [0, 0.1) is 0 Å². The molecule has 0 aliphatic carbocycles. The first-order valence-electron chi connectivity index (χ1n) is 10.2. The van der Waals surface area contributed by atoms with E-state index in [0.717, 1.165) is 22.7 Å². The molecule has 0 saturated carbocycles. The number of hydrogen-bond acceptors (Lipinski definition) is 6. The van der Waals surface area contributed by atoms with Crippen LogP contribution >= 0.6 is 0 Å². The smallest absolute Gasteiger partial charge is 0.180 e. The Morgan fingerprint density at radius 3 is 2.45 bits per heavy atom. The van der Waals surface area contributed by atoms with Crippen molar-refractivity contribution in [1.82, 2.24) is 9.78 Å². The Bertz CT molecular complexity index is 1010. The third-order valence-electron chi connectivity index (χ3n) is 4.80. The maximum Gasteiger partial charge on any atom is 0.180 e. The topological polar surface area (TPSA) is 86.0 Å². The summed E-state index contributed by atoms with van der Waals surface area (Å²) in [4.78, 5) is 0. The van der Waals surface area contributed by atoms with Crippen molar-refractivity contribution in [1.29, 1.82) is 0 Å². The highest BCUT2D eigenvalue weighted by Gasteiger charge is 2.27. The number of para-hydroxylation sites is 2. The van der Waals surface area contributed by atoms with Crippen LogP contribution in [-0.2, 0) is 11.3 Å². The summed E-state index contributed by atoms with van der Waals surface area (Å²) in [6.45, 7) is 7.30. The van der Waals surface area contributed by atoms with E-state index in [9.17, 15) is 10.2 Å². The van der Waals surface area contributed by atoms with Crippen LogP contribution in [-0.4, -0.2) is 45.1 Å². The molecule has 0 bridgehead atoms. The first-order chi connectivity index (χ1) is 14.7. The number of nitrogens with zero attached hydrogens (tertiary/aromatic N) is 2. The van der Waals surface area contributed by atoms with Gasteiger partial charge in [-0.05, 0) is 58.0 Å². The molecule has 166 valence electrons. The summed E-state index contributed by atoms with van der Waals surface area (Å²) < 4.78 is 18.9. The van der Waals surface area contributed by atoms with Gasteiger partial charge in [-0.15, -0.1) is 0 Å². The van der Waals surface area contributed by atoms with Crippen LogP contribution in [0.5, 0.6) is 11.5 Å². The van der Waals surface area contributed by atoms with Crippen molar-refractivity contribution >= 4 is 0 Å². The number of aromatic nitrogens is 2. The zero-order valence-corrected chi connectivity index (χ0v) is 18.6. The predicted molar refractivity (Wildman–Crippen MR) is 118 cm³/mol. The first kappa shape index (κ1) is 22.8. The summed E-state index contributed by atoms with van der Waals surface area (Å²) in [5.41, 5.74) is 2.06. The molecule has 3 aromatic rings. The van der Waals surface area contributed by atoms with Gasteiger partial charge in [0.25, 0.3) is 0 Å². The number of methoxy groups -OCH3 is 1. The third kappa shape index (κ3) is 5.44. The van der Waals surface area contributed by atoms with Gasteiger partial charge >= 0.3 is 0 Å². The quantitative estimate of drug-likeness (QED) is 0.504. The maximum absolute atomic E-state index is 9.53. The molecule has 0 aliphatic heterocycles. The van der Waals surface area contributed by atoms with Gasteiger partial charge in [0.1, 0.15) is 22.8 Å². The van der Waals surface area contributed by atoms with Gasteiger partial charge in [-0.25, -0.2) is 4.68 Å². The first-order valence-corrected chi connectivity index (χ1v) is 10.2. The molecular formula is C24H30N2O5. The summed E-state index contributed by atoms with van der Waals surface area (Å²) in [7, 11) is 1.63. The van der Waals surface area contributed by atoms with Gasteiger partial charge < -0.3 is 24.4 Å². The van der Waals surface area contributed by atoms with E-state index in [2.05, 4.69) is 0 Å². The minimum Gasteiger partial charge on any atom is -0.497 e. The number of aliphatic hydroxyl groups is 2. The van der Waals surface area contributed by atoms with Gasteiger partial charge in [-0.1, -0.05) is 24.3 Å². The van der Waals surface area contributed by atoms with Crippen LogP contribution in [0.25, 0.3) is 16.9 Å². The maximum atomic E-state index is 9.53. The van der Waals surface area contributed by atoms with Gasteiger partial charge in [0.05, 0.1) is 31.2 Å². The Hall–Kier alpha value is -2.87. The van der Waals surface area contributed by atoms with Crippen molar-refractivity contribution in [2.45, 2.75) is 52.3 Å². The van der Waals surface area contributed by atoms with E-state index in [1.54, 1.807) is 21.0 Å². The van der Waals surface area contributed by atoms with Crippen LogP contribution < -0.4 is 9.47 Å². The van der Waals surface area contributed by atoms with Crippen LogP contribution in [0.2, 0.25) is 0 Å². The molecule has 7 nitrogen and oxygen atoms in total. The minimum absolute atomic E-state index is 0.00614. The van der Waals surface area contributed by atoms with E-state index in [1.165, 1.54) is 0 Å². The average molecular weight is 427 g/mol. The number of hydrogen-bond donors (Lipinski definition) is 2. The highest BCUT2D eigenvalue weighted by Crippen LogP contribution is 2.32. The number of rotatable bonds is 9. The fourth-order valence-corrected chi connectivity index (χ4v) is 2.99. The van der Waals surface area contributed by atoms with Crippen molar-refractivity contribution in [3.8, 4) is 28.4 Å². The monoisotopic (exact) mass is 426 g/mol. The minimum atomic E-state index is -1.60. The van der Waals surface area contributed by atoms with E-state index in [0.29, 0.717) is 11.4 Å². The van der Waals surface area contributed by atoms with Crippen molar-refractivity contribution in [2.75, 3.05) is 7.11 Å². The highest BCUT2D eigenvalue weighted by atomic mass is 16.6. The van der Waals surface area contributed by atoms with Crippen LogP contribution in [0.3, 0.4) is 0 Å². The fraction of sp³-hybridized carbons (Fsp3) is 0.375. The van der Waals surface area contributed by atoms with Crippen molar-refractivity contribution in [3.63, 3.8) is 0 Å². The molecule has 0 unspecified atom stereocenters. The van der Waals surface area contributed by atoms with Crippen molar-refractivity contribution < 1.29 is 24.4 Å². The summed E-state index contributed by atoms with van der Waals surface area (Å²) >= 11 is 0. The van der Waals surface area contributed by atoms with Gasteiger partial charge in [-0.2, -0.15) is 5.10 Å². The lowest BCUT2D eigenvalue weighted by molar-refractivity contribution is -0.197. The lowest BCUT2D eigenvalue weighted by Gasteiger charge is -2.26. The Labute approximate surface area is 182 Å². The Balaban J connectivity index is 2.08. The molecule has 1 heterocycles. The highest BCUT2D eigenvalue weighted by molar-refractivity contribution is 5.65. The van der Waals surface area contributed by atoms with Crippen LogP contribution in [0.15, 0.2) is 54.6 Å². The molecule has 31 heavy (non-hydrogen) atoms. The van der Waals surface area contributed by atoms with E-state index in [-0.39, 0.29) is 12.7 Å². The second-order valence-electron chi connectivity index (χ2n) is 8.06. The molecule has 2 aromatic carbocycles. The normalized spacial score (nSPS) is 11.9. The molecule has 0 saturated heterocycles. The third-order valence-corrected chi connectivity index (χ3v) is 4.80. The summed E-state index contributed by atoms with van der Waals surface area (Å²) in [6, 6.07) is 17.3. The van der Waals surface area contributed by atoms with E-state index in [1.807, 2.05) is 73.1 Å². The second kappa shape index (κ2) is 9.51. The van der Waals surface area contributed by atoms with Crippen molar-refractivity contribution in [3.05, 3.63) is 60.3 Å². The van der Waals surface area contributed by atoms with Crippen LogP contribution in [0.1, 0.15) is 33.4 Å². The van der Waals surface area contributed by atoms with Gasteiger partial charge in [0.2, 0.25) is 0 Å². The zero-order chi connectivity index (χ0) is 22.6. The van der Waals surface area contributed by atoms with Crippen molar-refractivity contribution in [2.24, 2.45) is 0 Å². The van der Waals surface area contributed by atoms with Gasteiger partial charge in [0, 0.05) is 5.56 Å². The molecule has 7 heteroatoms. The number of ether oxygens (including phenoxy) is 3. The summed E-state index contributed by atoms with van der Waals surface area (Å²) in [5.74, 6) is 1.45. The molecule has 0 radical (unpaired) electrons. The Kier molecular flexibility index (Phi) is 7.00. The van der Waals surface area contributed by atoms with Gasteiger partial charge in [0.15, 0.2) is 6.29 Å². The molecule has 0 amide bonds. The lowest BCUT2D eigenvalue weighted by atomic mass is 10.1. The molecular weight excluding hydrogens is 396 g/mol. The van der Waals surface area contributed by atoms with E-state index >= 15 is 0 Å². The lowest BCUT2D eigenvalue weighted by Crippen LogP contribution is -2.38. The Morgan fingerprint density at radius 1 is 1.03 bits per heavy atom. The summed E-state index contributed by atoms with van der Waals surface area (Å²) in [5, 5.41) is 23.8. The SMILES string of the molecule is COc1cccc(-c2cc(COC(C)(C)C(O)O)nn2-c2ccccc2OC(C)C)c1. The predicted octanol–water partition coefficient (Wildman–Crippen LogP) is 3.94. The van der Waals surface area contributed by atoms with E-state index in [4.69, 9.17) is 19.3 Å². The molecule has 0 atom stereocenters. The molecule has 2 N–H and O–H groups in total. The number of benzene rings is 2. The largest absolute Gasteiger partial charge is 0.497 e. The second-order valence-corrected chi connectivity index (χ2v) is 8.06. The number of aliphatic hydroxyl groups excluding tert-OH is 1. The molecule has 0 fully saturated rings. The van der Waals surface area contributed by atoms with Gasteiger partial charge in [-0.3, -0.25) is 0 Å². The molecule has 0 aliphatic rings. The Morgan fingerprint density at radius 2 is 1.77 bits per heavy atom. The molecule has 1 aromatic heterocycles.